The smallest absolute Gasteiger partial charge is 0.255 e. The molecule has 0 bridgehead atoms. The van der Waals surface area contributed by atoms with E-state index in [9.17, 15) is 14.0 Å². The van der Waals surface area contributed by atoms with Gasteiger partial charge < -0.3 is 16.4 Å². The first-order valence-corrected chi connectivity index (χ1v) is 8.69. The number of carbonyl (C=O) groups is 2. The minimum Gasteiger partial charge on any atom is -0.350 e. The van der Waals surface area contributed by atoms with Crippen molar-refractivity contribution in [1.82, 2.24) is 5.32 Å². The van der Waals surface area contributed by atoms with Crippen LogP contribution in [-0.2, 0) is 11.3 Å². The number of nitrogens with two attached hydrogens (primary N) is 1. The van der Waals surface area contributed by atoms with Crippen molar-refractivity contribution in [2.24, 2.45) is 5.73 Å². The predicted molar refractivity (Wildman–Crippen MR) is 105 cm³/mol. The minimum absolute atomic E-state index is 0. The Balaban J connectivity index is 0.00000261. The number of halogens is 2. The predicted octanol–water partition coefficient (Wildman–Crippen LogP) is 3.39. The number of carbonyl (C=O) groups excluding carboxylic acids is 2. The fourth-order valence-corrected chi connectivity index (χ4v) is 3.10. The van der Waals surface area contributed by atoms with E-state index >= 15 is 0 Å². The lowest BCUT2D eigenvalue weighted by Gasteiger charge is -2.22. The highest BCUT2D eigenvalue weighted by Gasteiger charge is 2.36. The minimum atomic E-state index is -0.741. The SMILES string of the molecule is Cl.NC1(C(=O)NCc2ccc(C(=O)Nc3ccc(F)cc3)cc2)CCCC1. The van der Waals surface area contributed by atoms with Gasteiger partial charge in [-0.1, -0.05) is 25.0 Å². The van der Waals surface area contributed by atoms with Gasteiger partial charge in [-0.25, -0.2) is 4.39 Å². The molecule has 3 rings (SSSR count). The third kappa shape index (κ3) is 5.28. The van der Waals surface area contributed by atoms with Gasteiger partial charge in [0, 0.05) is 17.8 Å². The second-order valence-corrected chi connectivity index (χ2v) is 6.70. The fraction of sp³-hybridized carbons (Fsp3) is 0.300. The van der Waals surface area contributed by atoms with E-state index in [-0.39, 0.29) is 30.0 Å². The van der Waals surface area contributed by atoms with Crippen molar-refractivity contribution in [3.8, 4) is 0 Å². The highest BCUT2D eigenvalue weighted by Crippen LogP contribution is 2.27. The quantitative estimate of drug-likeness (QED) is 0.730. The molecule has 4 N–H and O–H groups in total. The molecule has 0 radical (unpaired) electrons. The van der Waals surface area contributed by atoms with E-state index in [1.54, 1.807) is 24.3 Å². The number of hydrogen-bond acceptors (Lipinski definition) is 3. The summed E-state index contributed by atoms with van der Waals surface area (Å²) >= 11 is 0. The number of anilines is 1. The largest absolute Gasteiger partial charge is 0.350 e. The molecule has 1 fully saturated rings. The van der Waals surface area contributed by atoms with Crippen molar-refractivity contribution >= 4 is 29.9 Å². The number of nitrogens with one attached hydrogen (secondary N) is 2. The zero-order chi connectivity index (χ0) is 18.6. The number of hydrogen-bond donors (Lipinski definition) is 3. The van der Waals surface area contributed by atoms with E-state index < -0.39 is 5.54 Å². The lowest BCUT2D eigenvalue weighted by atomic mass is 9.98. The second-order valence-electron chi connectivity index (χ2n) is 6.70. The van der Waals surface area contributed by atoms with Gasteiger partial charge in [0.1, 0.15) is 5.82 Å². The van der Waals surface area contributed by atoms with Gasteiger partial charge in [-0.15, -0.1) is 12.4 Å². The van der Waals surface area contributed by atoms with Crippen molar-refractivity contribution in [3.63, 3.8) is 0 Å². The zero-order valence-corrected chi connectivity index (χ0v) is 15.7. The average molecular weight is 392 g/mol. The zero-order valence-electron chi connectivity index (χ0n) is 14.8. The van der Waals surface area contributed by atoms with Crippen molar-refractivity contribution in [1.29, 1.82) is 0 Å². The van der Waals surface area contributed by atoms with Crippen LogP contribution in [0.4, 0.5) is 10.1 Å². The van der Waals surface area contributed by atoms with Crippen LogP contribution < -0.4 is 16.4 Å². The first-order valence-electron chi connectivity index (χ1n) is 8.69. The molecule has 1 aliphatic carbocycles. The van der Waals surface area contributed by atoms with Gasteiger partial charge in [-0.3, -0.25) is 9.59 Å². The van der Waals surface area contributed by atoms with Crippen molar-refractivity contribution in [2.45, 2.75) is 37.8 Å². The Morgan fingerprint density at radius 3 is 2.19 bits per heavy atom. The normalized spacial score (nSPS) is 14.9. The number of benzene rings is 2. The van der Waals surface area contributed by atoms with Gasteiger partial charge >= 0.3 is 0 Å². The Labute approximate surface area is 163 Å². The van der Waals surface area contributed by atoms with Gasteiger partial charge in [0.25, 0.3) is 5.91 Å². The van der Waals surface area contributed by atoms with Gasteiger partial charge in [-0.05, 0) is 54.8 Å². The third-order valence-corrected chi connectivity index (χ3v) is 4.72. The second kappa shape index (κ2) is 8.97. The Kier molecular flexibility index (Phi) is 6.93. The van der Waals surface area contributed by atoms with Crippen LogP contribution in [0.5, 0.6) is 0 Å². The van der Waals surface area contributed by atoms with Crippen LogP contribution in [0.2, 0.25) is 0 Å². The maximum atomic E-state index is 12.9. The van der Waals surface area contributed by atoms with Crippen molar-refractivity contribution < 1.29 is 14.0 Å². The Hall–Kier alpha value is -2.44. The van der Waals surface area contributed by atoms with Gasteiger partial charge in [0.15, 0.2) is 0 Å². The summed E-state index contributed by atoms with van der Waals surface area (Å²) in [5.41, 5.74) is 7.28. The van der Waals surface area contributed by atoms with Crippen LogP contribution in [0.15, 0.2) is 48.5 Å². The summed E-state index contributed by atoms with van der Waals surface area (Å²) in [5, 5.41) is 5.58. The van der Waals surface area contributed by atoms with E-state index in [1.165, 1.54) is 24.3 Å². The maximum Gasteiger partial charge on any atom is 0.255 e. The van der Waals surface area contributed by atoms with Gasteiger partial charge in [0.05, 0.1) is 5.54 Å². The number of amides is 2. The molecule has 0 aliphatic heterocycles. The molecule has 2 amide bonds. The summed E-state index contributed by atoms with van der Waals surface area (Å²) in [6, 6.07) is 12.5. The average Bonchev–Trinajstić information content (AvgIpc) is 3.10. The first-order chi connectivity index (χ1) is 12.5. The molecule has 144 valence electrons. The molecule has 7 heteroatoms. The summed E-state index contributed by atoms with van der Waals surface area (Å²) in [6.45, 7) is 0.373. The lowest BCUT2D eigenvalue weighted by molar-refractivity contribution is -0.126. The van der Waals surface area contributed by atoms with E-state index in [0.717, 1.165) is 31.2 Å². The number of rotatable bonds is 5. The topological polar surface area (TPSA) is 84.2 Å². The highest BCUT2D eigenvalue weighted by molar-refractivity contribution is 6.04. The molecular formula is C20H23ClFN3O2. The first kappa shape index (κ1) is 20.9. The summed E-state index contributed by atoms with van der Waals surface area (Å²) in [7, 11) is 0. The van der Waals surface area contributed by atoms with Crippen LogP contribution in [0.3, 0.4) is 0 Å². The molecule has 1 aliphatic rings. The van der Waals surface area contributed by atoms with E-state index in [1.807, 2.05) is 0 Å². The summed E-state index contributed by atoms with van der Waals surface area (Å²) in [5.74, 6) is -0.751. The molecule has 2 aromatic rings. The Morgan fingerprint density at radius 1 is 1.00 bits per heavy atom. The Morgan fingerprint density at radius 2 is 1.59 bits per heavy atom. The van der Waals surface area contributed by atoms with E-state index in [2.05, 4.69) is 10.6 Å². The van der Waals surface area contributed by atoms with Gasteiger partial charge in [0.2, 0.25) is 5.91 Å². The molecule has 0 heterocycles. The molecule has 0 atom stereocenters. The van der Waals surface area contributed by atoms with E-state index in [4.69, 9.17) is 5.73 Å². The molecule has 0 unspecified atom stereocenters. The molecule has 0 spiro atoms. The van der Waals surface area contributed by atoms with E-state index in [0.29, 0.717) is 17.8 Å². The van der Waals surface area contributed by atoms with Crippen LogP contribution in [0, 0.1) is 5.82 Å². The van der Waals surface area contributed by atoms with Crippen molar-refractivity contribution in [2.75, 3.05) is 5.32 Å². The molecule has 1 saturated carbocycles. The fourth-order valence-electron chi connectivity index (χ4n) is 3.10. The molecule has 5 nitrogen and oxygen atoms in total. The molecule has 0 aromatic heterocycles. The third-order valence-electron chi connectivity index (χ3n) is 4.72. The van der Waals surface area contributed by atoms with Gasteiger partial charge in [-0.2, -0.15) is 0 Å². The summed E-state index contributed by atoms with van der Waals surface area (Å²) < 4.78 is 12.9. The van der Waals surface area contributed by atoms with Crippen LogP contribution in [-0.4, -0.2) is 17.4 Å². The summed E-state index contributed by atoms with van der Waals surface area (Å²) in [4.78, 5) is 24.4. The molecule has 27 heavy (non-hydrogen) atoms. The molecule has 0 saturated heterocycles. The van der Waals surface area contributed by atoms with Crippen LogP contribution in [0.1, 0.15) is 41.6 Å². The lowest BCUT2D eigenvalue weighted by Crippen LogP contribution is -2.51. The molecular weight excluding hydrogens is 369 g/mol. The van der Waals surface area contributed by atoms with Crippen molar-refractivity contribution in [3.05, 3.63) is 65.5 Å². The van der Waals surface area contributed by atoms with Crippen LogP contribution >= 0.6 is 12.4 Å². The maximum absolute atomic E-state index is 12.9. The Bertz CT molecular complexity index is 788. The standard InChI is InChI=1S/C20H22FN3O2.ClH/c21-16-7-9-17(10-8-16)24-18(25)15-5-3-14(4-6-15)13-23-19(26)20(22)11-1-2-12-20;/h3-10H,1-2,11-13,22H2,(H,23,26)(H,24,25);1H. The molecule has 2 aromatic carbocycles. The summed E-state index contributed by atoms with van der Waals surface area (Å²) in [6.07, 6.45) is 3.42. The van der Waals surface area contributed by atoms with Crippen LogP contribution in [0.25, 0.3) is 0 Å². The monoisotopic (exact) mass is 391 g/mol. The highest BCUT2D eigenvalue weighted by atomic mass is 35.5.